The van der Waals surface area contributed by atoms with Crippen LogP contribution in [-0.2, 0) is 32.7 Å². The maximum atomic E-state index is 12.8. The lowest BCUT2D eigenvalue weighted by atomic mass is 9.85. The Kier molecular flexibility index (Phi) is 34.7. The van der Waals surface area contributed by atoms with Gasteiger partial charge < -0.3 is 39.9 Å². The number of aliphatic hydroxyl groups is 5. The molecule has 0 aromatic heterocycles. The van der Waals surface area contributed by atoms with E-state index in [2.05, 4.69) is 62.5 Å². The molecule has 0 radical (unpaired) electrons. The summed E-state index contributed by atoms with van der Waals surface area (Å²) in [5.74, 6) is -1.15. The number of unbranched alkanes of at least 4 members (excludes halogenated alkanes) is 18. The van der Waals surface area contributed by atoms with Crippen molar-refractivity contribution in [2.75, 3.05) is 13.2 Å². The quantitative estimate of drug-likeness (QED) is 0.0148. The molecule has 1 fully saturated rings. The number of hydrogen-bond acceptors (Lipinski definition) is 12. The number of rotatable bonds is 38. The second-order valence-electron chi connectivity index (χ2n) is 16.3. The Labute approximate surface area is 367 Å². The van der Waals surface area contributed by atoms with Crippen LogP contribution in [0.3, 0.4) is 0 Å². The van der Waals surface area contributed by atoms with Crippen molar-refractivity contribution in [2.45, 2.75) is 224 Å². The zero-order valence-corrected chi connectivity index (χ0v) is 38.3. The molecule has 6 N–H and O–H groups in total. The fourth-order valence-electron chi connectivity index (χ4n) is 6.82. The van der Waals surface area contributed by atoms with Gasteiger partial charge in [0.2, 0.25) is 0 Å². The van der Waals surface area contributed by atoms with Crippen molar-refractivity contribution in [2.24, 2.45) is 0 Å². The summed E-state index contributed by atoms with van der Waals surface area (Å²) in [7, 11) is -5.13. The molecule has 13 nitrogen and oxygen atoms in total. The maximum absolute atomic E-state index is 12.8. The highest BCUT2D eigenvalue weighted by molar-refractivity contribution is 7.47. The van der Waals surface area contributed by atoms with Gasteiger partial charge >= 0.3 is 19.8 Å². The maximum Gasteiger partial charge on any atom is 0.472 e. The zero-order chi connectivity index (χ0) is 45.0. The van der Waals surface area contributed by atoms with E-state index in [4.69, 9.17) is 18.5 Å². The first kappa shape index (κ1) is 56.8. The molecular formula is C47H83O13P. The molecule has 1 aliphatic carbocycles. The van der Waals surface area contributed by atoms with Crippen LogP contribution < -0.4 is 0 Å². The molecule has 0 aliphatic heterocycles. The molecule has 354 valence electrons. The van der Waals surface area contributed by atoms with Crippen molar-refractivity contribution in [1.82, 2.24) is 0 Å². The predicted molar refractivity (Wildman–Crippen MR) is 239 cm³/mol. The third-order valence-corrected chi connectivity index (χ3v) is 11.6. The highest BCUT2D eigenvalue weighted by atomic mass is 31.2. The number of allylic oxidation sites excluding steroid dienone is 8. The fraction of sp³-hybridized carbons (Fsp3) is 0.787. The summed E-state index contributed by atoms with van der Waals surface area (Å²) >= 11 is 0. The number of aliphatic hydroxyl groups excluding tert-OH is 5. The van der Waals surface area contributed by atoms with E-state index in [0.717, 1.165) is 70.6 Å². The van der Waals surface area contributed by atoms with Crippen LogP contribution in [0.25, 0.3) is 0 Å². The van der Waals surface area contributed by atoms with Crippen molar-refractivity contribution >= 4 is 19.8 Å². The lowest BCUT2D eigenvalue weighted by Crippen LogP contribution is -2.64. The van der Waals surface area contributed by atoms with Gasteiger partial charge in [-0.15, -0.1) is 0 Å². The number of esters is 2. The van der Waals surface area contributed by atoms with Gasteiger partial charge in [-0.25, -0.2) is 4.57 Å². The van der Waals surface area contributed by atoms with Crippen LogP contribution >= 0.6 is 7.82 Å². The summed E-state index contributed by atoms with van der Waals surface area (Å²) in [6.07, 6.45) is 30.2. The Morgan fingerprint density at radius 3 is 1.43 bits per heavy atom. The molecule has 0 heterocycles. The average molecular weight is 887 g/mol. The normalized spacial score (nSPS) is 22.4. The summed E-state index contributed by atoms with van der Waals surface area (Å²) < 4.78 is 33.5. The van der Waals surface area contributed by atoms with Crippen molar-refractivity contribution < 1.29 is 63.1 Å². The van der Waals surface area contributed by atoms with Gasteiger partial charge in [-0.3, -0.25) is 18.6 Å². The predicted octanol–water partition coefficient (Wildman–Crippen LogP) is 9.17. The van der Waals surface area contributed by atoms with Gasteiger partial charge in [0.1, 0.15) is 43.2 Å². The van der Waals surface area contributed by atoms with Crippen LogP contribution in [0, 0.1) is 0 Å². The van der Waals surface area contributed by atoms with Gasteiger partial charge in [0.15, 0.2) is 6.10 Å². The summed E-state index contributed by atoms with van der Waals surface area (Å²) in [6, 6.07) is 0. The van der Waals surface area contributed by atoms with Gasteiger partial charge in [0.25, 0.3) is 0 Å². The largest absolute Gasteiger partial charge is 0.472 e. The molecule has 14 heteroatoms. The summed E-state index contributed by atoms with van der Waals surface area (Å²) in [4.78, 5) is 35.7. The molecule has 61 heavy (non-hydrogen) atoms. The number of phosphoric acid groups is 1. The molecule has 1 saturated carbocycles. The number of hydrogen-bond donors (Lipinski definition) is 6. The molecule has 0 amide bonds. The number of carbonyl (C=O) groups excluding carboxylic acids is 2. The monoisotopic (exact) mass is 887 g/mol. The van der Waals surface area contributed by atoms with Gasteiger partial charge in [0, 0.05) is 12.8 Å². The first-order valence-corrected chi connectivity index (χ1v) is 24.9. The highest BCUT2D eigenvalue weighted by Crippen LogP contribution is 2.47. The molecule has 0 bridgehead atoms. The molecular weight excluding hydrogens is 803 g/mol. The number of ether oxygens (including phenoxy) is 2. The Morgan fingerprint density at radius 2 is 0.885 bits per heavy atom. The van der Waals surface area contributed by atoms with E-state index in [1.165, 1.54) is 70.6 Å². The third-order valence-electron chi connectivity index (χ3n) is 10.6. The van der Waals surface area contributed by atoms with Crippen molar-refractivity contribution in [3.8, 4) is 0 Å². The lowest BCUT2D eigenvalue weighted by Gasteiger charge is -2.41. The Morgan fingerprint density at radius 1 is 0.508 bits per heavy atom. The molecule has 0 aromatic carbocycles. The first-order valence-electron chi connectivity index (χ1n) is 23.4. The molecule has 0 saturated heterocycles. The second-order valence-corrected chi connectivity index (χ2v) is 17.7. The minimum Gasteiger partial charge on any atom is -0.462 e. The standard InChI is InChI=1S/C47H83O13P/c1-3-5-7-9-11-13-15-17-19-20-22-24-26-28-30-32-34-36-41(49)59-39(38-58-61(55,56)60-47-45(53)43(51)42(50)44(52)46(47)54)37-57-40(48)35-33-31-29-27-25-23-21-18-16-14-12-10-8-6-4-2/h12,14,17-19,21,25,27,39,42-47,50-54H,3-11,13,15-16,20,22-24,26,28-38H2,1-2H3,(H,55,56)/b14-12-,19-17-,21-18-,27-25-/t39-,42?,43-,44?,45?,46?,47?/m1/s1. The fourth-order valence-corrected chi connectivity index (χ4v) is 7.79. The molecule has 0 spiro atoms. The van der Waals surface area contributed by atoms with E-state index in [1.807, 2.05) is 0 Å². The SMILES string of the molecule is CCCCC/C=C\C/C=C\C/C=C\CCCCC(=O)OC[C@H](COP(=O)(O)OC1C(O)C(O)C(O)[C@@H](O)C1O)OC(=O)CCCCCCCCC/C=C\CCCCCCCC. The van der Waals surface area contributed by atoms with Crippen LogP contribution in [0.15, 0.2) is 48.6 Å². The molecule has 6 unspecified atom stereocenters. The smallest absolute Gasteiger partial charge is 0.462 e. The minimum atomic E-state index is -5.13. The topological polar surface area (TPSA) is 210 Å². The summed E-state index contributed by atoms with van der Waals surface area (Å²) in [6.45, 7) is 3.23. The van der Waals surface area contributed by atoms with Crippen molar-refractivity contribution in [3.05, 3.63) is 48.6 Å². The molecule has 8 atom stereocenters. The van der Waals surface area contributed by atoms with Crippen LogP contribution in [0.5, 0.6) is 0 Å². The van der Waals surface area contributed by atoms with Gasteiger partial charge in [-0.2, -0.15) is 0 Å². The molecule has 1 rings (SSSR count). The van der Waals surface area contributed by atoms with E-state index in [0.29, 0.717) is 12.8 Å². The second kappa shape index (κ2) is 37.2. The average Bonchev–Trinajstić information content (AvgIpc) is 3.24. The Bertz CT molecular complexity index is 1250. The summed E-state index contributed by atoms with van der Waals surface area (Å²) in [5, 5.41) is 50.1. The van der Waals surface area contributed by atoms with Gasteiger partial charge in [-0.1, -0.05) is 140 Å². The van der Waals surface area contributed by atoms with E-state index in [-0.39, 0.29) is 12.8 Å². The van der Waals surface area contributed by atoms with Crippen molar-refractivity contribution in [3.63, 3.8) is 0 Å². The van der Waals surface area contributed by atoms with E-state index < -0.39 is 75.7 Å². The summed E-state index contributed by atoms with van der Waals surface area (Å²) in [5.41, 5.74) is 0. The molecule has 0 aromatic rings. The van der Waals surface area contributed by atoms with Gasteiger partial charge in [0.05, 0.1) is 6.61 Å². The van der Waals surface area contributed by atoms with E-state index >= 15 is 0 Å². The number of phosphoric ester groups is 1. The Hall–Kier alpha value is -2.19. The Balaban J connectivity index is 2.49. The van der Waals surface area contributed by atoms with Crippen LogP contribution in [-0.4, -0.2) is 98.3 Å². The lowest BCUT2D eigenvalue weighted by molar-refractivity contribution is -0.220. The van der Waals surface area contributed by atoms with E-state index in [1.54, 1.807) is 0 Å². The van der Waals surface area contributed by atoms with Gasteiger partial charge in [-0.05, 0) is 77.0 Å². The zero-order valence-electron chi connectivity index (χ0n) is 37.4. The van der Waals surface area contributed by atoms with Crippen LogP contribution in [0.2, 0.25) is 0 Å². The molecule has 1 aliphatic rings. The first-order chi connectivity index (χ1) is 29.4. The highest BCUT2D eigenvalue weighted by Gasteiger charge is 2.51. The van der Waals surface area contributed by atoms with Crippen LogP contribution in [0.1, 0.15) is 181 Å². The van der Waals surface area contributed by atoms with Crippen LogP contribution in [0.4, 0.5) is 0 Å². The van der Waals surface area contributed by atoms with Crippen molar-refractivity contribution in [1.29, 1.82) is 0 Å². The number of carbonyl (C=O) groups is 2. The minimum absolute atomic E-state index is 0.0825. The van der Waals surface area contributed by atoms with E-state index in [9.17, 15) is 44.6 Å². The third kappa shape index (κ3) is 29.7.